The summed E-state index contributed by atoms with van der Waals surface area (Å²) in [5.74, 6) is -2.48. The average Bonchev–Trinajstić information content (AvgIpc) is 3.24. The van der Waals surface area contributed by atoms with Crippen molar-refractivity contribution < 1.29 is 24.2 Å². The predicted molar refractivity (Wildman–Crippen MR) is 137 cm³/mol. The number of carbonyl (C=O) groups is 3. The number of benzene rings is 1. The number of nitrogens with zero attached hydrogens (tertiary/aromatic N) is 1. The standard InChI is InChI=1S/C28H41N3O5/c1-17-15-28-20(19(27(17,7)36-28)22(33)29-18-11-9-8-10-12-18)24(35)31(13-14-32)21(28)23(34)30-26(5,6)16-25(2,3)4/h8-12,17,19-21,32H,13-16H2,1-7H3,(H,29,33)(H,30,34)/t17?,19-,20+,21?,27+,28?/m1/s1. The molecule has 0 radical (unpaired) electrons. The Morgan fingerprint density at radius 2 is 1.78 bits per heavy atom. The molecule has 3 saturated heterocycles. The molecule has 198 valence electrons. The third kappa shape index (κ3) is 4.32. The van der Waals surface area contributed by atoms with Crippen LogP contribution in [-0.2, 0) is 19.1 Å². The molecule has 36 heavy (non-hydrogen) atoms. The van der Waals surface area contributed by atoms with Crippen molar-refractivity contribution in [2.45, 2.75) is 84.1 Å². The molecule has 3 fully saturated rings. The number of anilines is 1. The van der Waals surface area contributed by atoms with Crippen molar-refractivity contribution in [1.82, 2.24) is 10.2 Å². The van der Waals surface area contributed by atoms with E-state index in [4.69, 9.17) is 4.74 Å². The van der Waals surface area contributed by atoms with Crippen LogP contribution in [0.25, 0.3) is 0 Å². The topological polar surface area (TPSA) is 108 Å². The van der Waals surface area contributed by atoms with Crippen LogP contribution in [-0.4, -0.2) is 63.7 Å². The lowest BCUT2D eigenvalue weighted by Gasteiger charge is -2.38. The van der Waals surface area contributed by atoms with Gasteiger partial charge in [-0.3, -0.25) is 14.4 Å². The van der Waals surface area contributed by atoms with Gasteiger partial charge in [0, 0.05) is 17.8 Å². The van der Waals surface area contributed by atoms with Gasteiger partial charge in [0.05, 0.1) is 24.0 Å². The monoisotopic (exact) mass is 499 g/mol. The van der Waals surface area contributed by atoms with Gasteiger partial charge in [-0.05, 0) is 57.1 Å². The molecule has 1 aromatic rings. The van der Waals surface area contributed by atoms with Crippen LogP contribution in [0.5, 0.6) is 0 Å². The minimum Gasteiger partial charge on any atom is -0.395 e. The van der Waals surface area contributed by atoms with E-state index in [1.807, 2.05) is 45.9 Å². The third-order valence-corrected chi connectivity index (χ3v) is 8.16. The van der Waals surface area contributed by atoms with Crippen LogP contribution in [0.3, 0.4) is 0 Å². The van der Waals surface area contributed by atoms with Crippen LogP contribution >= 0.6 is 0 Å². The van der Waals surface area contributed by atoms with Gasteiger partial charge in [0.1, 0.15) is 11.6 Å². The van der Waals surface area contributed by atoms with Crippen LogP contribution < -0.4 is 10.6 Å². The van der Waals surface area contributed by atoms with Crippen molar-refractivity contribution in [3.8, 4) is 0 Å². The molecule has 8 nitrogen and oxygen atoms in total. The number of para-hydroxylation sites is 1. The smallest absolute Gasteiger partial charge is 0.246 e. The van der Waals surface area contributed by atoms with Crippen LogP contribution in [0.4, 0.5) is 5.69 Å². The molecule has 8 heteroatoms. The third-order valence-electron chi connectivity index (χ3n) is 8.16. The van der Waals surface area contributed by atoms with E-state index < -0.39 is 34.6 Å². The Kier molecular flexibility index (Phi) is 6.53. The molecule has 3 aliphatic heterocycles. The van der Waals surface area contributed by atoms with E-state index in [1.54, 1.807) is 12.1 Å². The van der Waals surface area contributed by atoms with E-state index in [-0.39, 0.29) is 42.2 Å². The second-order valence-corrected chi connectivity index (χ2v) is 12.9. The van der Waals surface area contributed by atoms with Gasteiger partial charge in [-0.15, -0.1) is 0 Å². The molecule has 3 amide bonds. The molecule has 1 aromatic carbocycles. The van der Waals surface area contributed by atoms with Gasteiger partial charge in [0.25, 0.3) is 0 Å². The van der Waals surface area contributed by atoms with Gasteiger partial charge in [-0.1, -0.05) is 45.9 Å². The van der Waals surface area contributed by atoms with E-state index >= 15 is 0 Å². The van der Waals surface area contributed by atoms with E-state index in [9.17, 15) is 19.5 Å². The van der Waals surface area contributed by atoms with Gasteiger partial charge in [-0.2, -0.15) is 0 Å². The van der Waals surface area contributed by atoms with Crippen molar-refractivity contribution in [3.05, 3.63) is 30.3 Å². The summed E-state index contributed by atoms with van der Waals surface area (Å²) in [6.45, 7) is 13.9. The number of hydrogen-bond donors (Lipinski definition) is 3. The summed E-state index contributed by atoms with van der Waals surface area (Å²) in [5.41, 5.74) is -1.90. The summed E-state index contributed by atoms with van der Waals surface area (Å²) < 4.78 is 6.69. The highest BCUT2D eigenvalue weighted by Crippen LogP contribution is 2.65. The fraction of sp³-hybridized carbons (Fsp3) is 0.679. The Labute approximate surface area is 214 Å². The van der Waals surface area contributed by atoms with Gasteiger partial charge in [-0.25, -0.2) is 0 Å². The number of ether oxygens (including phenoxy) is 1. The van der Waals surface area contributed by atoms with Crippen LogP contribution in [0.1, 0.15) is 61.3 Å². The summed E-state index contributed by atoms with van der Waals surface area (Å²) in [7, 11) is 0. The molecule has 6 atom stereocenters. The van der Waals surface area contributed by atoms with Crippen molar-refractivity contribution in [2.75, 3.05) is 18.5 Å². The number of likely N-dealkylation sites (tertiary alicyclic amines) is 1. The van der Waals surface area contributed by atoms with Gasteiger partial charge in [0.15, 0.2) is 0 Å². The molecule has 3 unspecified atom stereocenters. The van der Waals surface area contributed by atoms with Crippen molar-refractivity contribution in [2.24, 2.45) is 23.2 Å². The lowest BCUT2D eigenvalue weighted by atomic mass is 9.62. The zero-order valence-corrected chi connectivity index (χ0v) is 22.6. The normalized spacial score (nSPS) is 33.6. The van der Waals surface area contributed by atoms with Crippen LogP contribution in [0, 0.1) is 23.2 Å². The average molecular weight is 500 g/mol. The summed E-state index contributed by atoms with van der Waals surface area (Å²) in [4.78, 5) is 42.9. The molecular weight excluding hydrogens is 458 g/mol. The summed E-state index contributed by atoms with van der Waals surface area (Å²) in [5, 5.41) is 15.9. The van der Waals surface area contributed by atoms with Gasteiger partial charge in [0.2, 0.25) is 17.7 Å². The molecule has 2 bridgehead atoms. The zero-order valence-electron chi connectivity index (χ0n) is 22.6. The molecule has 1 spiro atoms. The summed E-state index contributed by atoms with van der Waals surface area (Å²) in [6, 6.07) is 8.22. The van der Waals surface area contributed by atoms with Crippen molar-refractivity contribution in [3.63, 3.8) is 0 Å². The zero-order chi connectivity index (χ0) is 26.7. The molecule has 3 aliphatic rings. The minimum absolute atomic E-state index is 0.0103. The Bertz CT molecular complexity index is 1040. The highest BCUT2D eigenvalue weighted by Gasteiger charge is 2.79. The number of hydrogen-bond acceptors (Lipinski definition) is 5. The number of β-amino-alcohol motifs (C(OH)–C–C–N with tert-alkyl or cyclic N) is 1. The number of fused-ring (bicyclic) bond motifs is 1. The SMILES string of the molecule is CC1CC23O[C@]1(C)[C@@H](C(=O)Nc1ccccc1)[C@H]2C(=O)N(CCO)C3C(=O)NC(C)(C)CC(C)(C)C. The quantitative estimate of drug-likeness (QED) is 0.535. The van der Waals surface area contributed by atoms with Crippen LogP contribution in [0.15, 0.2) is 30.3 Å². The molecular formula is C28H41N3O5. The molecule has 0 aromatic heterocycles. The first-order valence-corrected chi connectivity index (χ1v) is 12.9. The maximum atomic E-state index is 13.9. The number of carbonyl (C=O) groups excluding carboxylic acids is 3. The molecule has 4 rings (SSSR count). The van der Waals surface area contributed by atoms with Gasteiger partial charge < -0.3 is 25.4 Å². The Balaban J connectivity index is 1.71. The highest BCUT2D eigenvalue weighted by molar-refractivity contribution is 6.02. The second-order valence-electron chi connectivity index (χ2n) is 12.9. The summed E-state index contributed by atoms with van der Waals surface area (Å²) >= 11 is 0. The first-order valence-electron chi connectivity index (χ1n) is 12.9. The van der Waals surface area contributed by atoms with Crippen molar-refractivity contribution in [1.29, 1.82) is 0 Å². The largest absolute Gasteiger partial charge is 0.395 e. The minimum atomic E-state index is -1.12. The summed E-state index contributed by atoms with van der Waals surface area (Å²) in [6.07, 6.45) is 1.23. The number of nitrogens with one attached hydrogen (secondary N) is 2. The number of rotatable bonds is 7. The van der Waals surface area contributed by atoms with Crippen LogP contribution in [0.2, 0.25) is 0 Å². The maximum absolute atomic E-state index is 13.9. The second kappa shape index (κ2) is 8.84. The maximum Gasteiger partial charge on any atom is 0.246 e. The number of amides is 3. The fourth-order valence-electron chi connectivity index (χ4n) is 7.30. The Morgan fingerprint density at radius 1 is 1.14 bits per heavy atom. The lowest BCUT2D eigenvalue weighted by molar-refractivity contribution is -0.147. The first-order chi connectivity index (χ1) is 16.7. The highest BCUT2D eigenvalue weighted by atomic mass is 16.5. The van der Waals surface area contributed by atoms with E-state index in [2.05, 4.69) is 31.4 Å². The van der Waals surface area contributed by atoms with E-state index in [0.717, 1.165) is 6.42 Å². The molecule has 0 saturated carbocycles. The number of aliphatic hydroxyl groups is 1. The molecule has 0 aliphatic carbocycles. The van der Waals surface area contributed by atoms with Gasteiger partial charge >= 0.3 is 0 Å². The fourth-order valence-corrected chi connectivity index (χ4v) is 7.30. The predicted octanol–water partition coefficient (Wildman–Crippen LogP) is 2.96. The number of aliphatic hydroxyl groups excluding tert-OH is 1. The van der Waals surface area contributed by atoms with E-state index in [1.165, 1.54) is 4.90 Å². The lowest BCUT2D eigenvalue weighted by Crippen LogP contribution is -2.59. The van der Waals surface area contributed by atoms with E-state index in [0.29, 0.717) is 12.1 Å². The Morgan fingerprint density at radius 3 is 2.36 bits per heavy atom. The molecule has 3 heterocycles. The van der Waals surface area contributed by atoms with Crippen molar-refractivity contribution >= 4 is 23.4 Å². The molecule has 3 N–H and O–H groups in total. The Hall–Kier alpha value is -2.45. The first kappa shape index (κ1) is 26.6.